The quantitative estimate of drug-likeness (QED) is 0.752. The van der Waals surface area contributed by atoms with Crippen molar-refractivity contribution < 1.29 is 13.2 Å². The van der Waals surface area contributed by atoms with Gasteiger partial charge in [-0.15, -0.1) is 0 Å². The normalized spacial score (nSPS) is 14.1. The fourth-order valence-corrected chi connectivity index (χ4v) is 3.64. The third-order valence-corrected chi connectivity index (χ3v) is 5.73. The van der Waals surface area contributed by atoms with Gasteiger partial charge in [-0.25, -0.2) is 8.42 Å². The van der Waals surface area contributed by atoms with Gasteiger partial charge in [-0.3, -0.25) is 4.79 Å². The van der Waals surface area contributed by atoms with Crippen LogP contribution in [0.5, 0.6) is 0 Å². The zero-order valence-electron chi connectivity index (χ0n) is 16.3. The summed E-state index contributed by atoms with van der Waals surface area (Å²) in [4.78, 5) is 13.2. The van der Waals surface area contributed by atoms with Gasteiger partial charge in [-0.05, 0) is 23.5 Å². The molecular weight excluding hydrogens is 360 g/mol. The van der Waals surface area contributed by atoms with Gasteiger partial charge in [0.25, 0.3) is 0 Å². The van der Waals surface area contributed by atoms with E-state index in [0.717, 1.165) is 22.5 Å². The first kappa shape index (κ1) is 21.1. The lowest BCUT2D eigenvalue weighted by Gasteiger charge is -2.29. The van der Waals surface area contributed by atoms with Crippen molar-refractivity contribution in [1.29, 1.82) is 0 Å². The van der Waals surface area contributed by atoms with Gasteiger partial charge in [0.2, 0.25) is 15.9 Å². The Morgan fingerprint density at radius 2 is 1.44 bits per heavy atom. The first-order valence-corrected chi connectivity index (χ1v) is 10.9. The molecule has 0 aliphatic carbocycles. The molecule has 2 aromatic rings. The molecule has 0 saturated heterocycles. The Labute approximate surface area is 162 Å². The van der Waals surface area contributed by atoms with Crippen LogP contribution in [0.15, 0.2) is 60.7 Å². The average molecular weight is 389 g/mol. The highest BCUT2D eigenvalue weighted by atomic mass is 32.2. The molecule has 1 N–H and O–H groups in total. The van der Waals surface area contributed by atoms with Crippen molar-refractivity contribution in [3.05, 3.63) is 71.8 Å². The highest BCUT2D eigenvalue weighted by Crippen LogP contribution is 2.26. The molecule has 0 saturated carbocycles. The zero-order chi connectivity index (χ0) is 20.0. The lowest BCUT2D eigenvalue weighted by atomic mass is 9.96. The lowest BCUT2D eigenvalue weighted by molar-refractivity contribution is -0.125. The highest BCUT2D eigenvalue weighted by molar-refractivity contribution is 7.88. The molecule has 27 heavy (non-hydrogen) atoms. The van der Waals surface area contributed by atoms with Gasteiger partial charge in [0.1, 0.15) is 6.04 Å². The van der Waals surface area contributed by atoms with E-state index in [1.165, 1.54) is 7.05 Å². The first-order chi connectivity index (χ1) is 12.7. The van der Waals surface area contributed by atoms with Crippen LogP contribution in [-0.4, -0.2) is 31.9 Å². The van der Waals surface area contributed by atoms with Gasteiger partial charge < -0.3 is 5.32 Å². The summed E-state index contributed by atoms with van der Waals surface area (Å²) in [7, 11) is -2.11. The number of rotatable bonds is 8. The number of carbonyl (C=O) groups is 1. The molecule has 5 nitrogen and oxygen atoms in total. The maximum atomic E-state index is 13.2. The molecule has 0 aliphatic heterocycles. The van der Waals surface area contributed by atoms with E-state index in [-0.39, 0.29) is 11.9 Å². The van der Waals surface area contributed by atoms with E-state index in [4.69, 9.17) is 0 Å². The van der Waals surface area contributed by atoms with E-state index in [1.54, 1.807) is 24.3 Å². The van der Waals surface area contributed by atoms with Crippen molar-refractivity contribution in [3.63, 3.8) is 0 Å². The van der Waals surface area contributed by atoms with Crippen LogP contribution in [0.4, 0.5) is 0 Å². The predicted molar refractivity (Wildman–Crippen MR) is 109 cm³/mol. The van der Waals surface area contributed by atoms with Crippen LogP contribution in [0.1, 0.15) is 43.5 Å². The smallest absolute Gasteiger partial charge is 0.243 e. The summed E-state index contributed by atoms with van der Waals surface area (Å²) in [6, 6.07) is 17.6. The predicted octanol–water partition coefficient (Wildman–Crippen LogP) is 3.52. The second-order valence-corrected chi connectivity index (χ2v) is 9.24. The zero-order valence-corrected chi connectivity index (χ0v) is 17.1. The topological polar surface area (TPSA) is 66.5 Å². The van der Waals surface area contributed by atoms with E-state index in [0.29, 0.717) is 11.5 Å². The van der Waals surface area contributed by atoms with Crippen molar-refractivity contribution >= 4 is 15.9 Å². The average Bonchev–Trinajstić information content (AvgIpc) is 2.62. The summed E-state index contributed by atoms with van der Waals surface area (Å²) in [5.74, 6) is 0.0435. The van der Waals surface area contributed by atoms with Gasteiger partial charge in [-0.1, -0.05) is 74.5 Å². The minimum atomic E-state index is -3.55. The maximum absolute atomic E-state index is 13.2. The number of likely N-dealkylation sites (N-methyl/N-ethyl adjacent to an activating group) is 1. The van der Waals surface area contributed by atoms with Crippen LogP contribution < -0.4 is 5.32 Å². The number of nitrogens with one attached hydrogen (secondary N) is 1. The van der Waals surface area contributed by atoms with E-state index in [1.807, 2.05) is 36.4 Å². The summed E-state index contributed by atoms with van der Waals surface area (Å²) in [6.45, 7) is 4.19. The third kappa shape index (κ3) is 5.91. The van der Waals surface area contributed by atoms with E-state index < -0.39 is 16.1 Å². The monoisotopic (exact) mass is 388 g/mol. The van der Waals surface area contributed by atoms with Crippen molar-refractivity contribution in [2.75, 3.05) is 13.3 Å². The van der Waals surface area contributed by atoms with Crippen LogP contribution >= 0.6 is 0 Å². The standard InChI is InChI=1S/C21H28N2O3S/c1-16(2)15-19(17-11-7-5-8-12-17)22-21(24)20(23(3)27(4,25)26)18-13-9-6-10-14-18/h5-14,16,19-20H,15H2,1-4H3,(H,22,24)/t19-,20-/m1/s1. The summed E-state index contributed by atoms with van der Waals surface area (Å²) in [5.41, 5.74) is 1.65. The maximum Gasteiger partial charge on any atom is 0.243 e. The molecule has 0 bridgehead atoms. The van der Waals surface area contributed by atoms with Crippen LogP contribution in [0.25, 0.3) is 0 Å². The van der Waals surface area contributed by atoms with E-state index in [2.05, 4.69) is 19.2 Å². The van der Waals surface area contributed by atoms with Crippen molar-refractivity contribution in [2.45, 2.75) is 32.4 Å². The van der Waals surface area contributed by atoms with Crippen LogP contribution in [0.2, 0.25) is 0 Å². The molecule has 0 fully saturated rings. The summed E-state index contributed by atoms with van der Waals surface area (Å²) >= 11 is 0. The van der Waals surface area contributed by atoms with Gasteiger partial charge >= 0.3 is 0 Å². The third-order valence-electron chi connectivity index (χ3n) is 4.48. The lowest BCUT2D eigenvalue weighted by Crippen LogP contribution is -2.42. The Bertz CT molecular complexity index is 836. The van der Waals surface area contributed by atoms with Crippen LogP contribution in [0, 0.1) is 5.92 Å². The van der Waals surface area contributed by atoms with Gasteiger partial charge in [0.05, 0.1) is 12.3 Å². The Kier molecular flexibility index (Phi) is 7.16. The molecule has 2 rings (SSSR count). The molecule has 0 radical (unpaired) electrons. The molecule has 0 spiro atoms. The molecule has 2 atom stereocenters. The Balaban J connectivity index is 2.35. The molecule has 0 unspecified atom stereocenters. The molecule has 0 aromatic heterocycles. The first-order valence-electron chi connectivity index (χ1n) is 9.03. The molecule has 2 aromatic carbocycles. The van der Waals surface area contributed by atoms with Gasteiger partial charge in [0, 0.05) is 7.05 Å². The Morgan fingerprint density at radius 1 is 0.963 bits per heavy atom. The number of amides is 1. The molecule has 6 heteroatoms. The van der Waals surface area contributed by atoms with Gasteiger partial charge in [0.15, 0.2) is 0 Å². The summed E-state index contributed by atoms with van der Waals surface area (Å²) in [6.07, 6.45) is 1.87. The summed E-state index contributed by atoms with van der Waals surface area (Å²) in [5, 5.41) is 3.07. The highest BCUT2D eigenvalue weighted by Gasteiger charge is 2.32. The Hall–Kier alpha value is -2.18. The van der Waals surface area contributed by atoms with Gasteiger partial charge in [-0.2, -0.15) is 4.31 Å². The second kappa shape index (κ2) is 9.15. The number of carbonyl (C=O) groups excluding carboxylic acids is 1. The summed E-state index contributed by atoms with van der Waals surface area (Å²) < 4.78 is 25.4. The fraction of sp³-hybridized carbons (Fsp3) is 0.381. The number of sulfonamides is 1. The van der Waals surface area contributed by atoms with Crippen molar-refractivity contribution in [1.82, 2.24) is 9.62 Å². The number of nitrogens with zero attached hydrogens (tertiary/aromatic N) is 1. The van der Waals surface area contributed by atoms with Crippen LogP contribution in [0.3, 0.4) is 0 Å². The minimum absolute atomic E-state index is 0.183. The molecule has 1 amide bonds. The molecule has 146 valence electrons. The minimum Gasteiger partial charge on any atom is -0.348 e. The SMILES string of the molecule is CC(C)C[C@@H](NC(=O)[C@@H](c1ccccc1)N(C)S(C)(=O)=O)c1ccccc1. The largest absolute Gasteiger partial charge is 0.348 e. The molecular formula is C21H28N2O3S. The number of hydrogen-bond donors (Lipinski definition) is 1. The number of benzene rings is 2. The fourth-order valence-electron chi connectivity index (χ4n) is 3.04. The van der Waals surface area contributed by atoms with Crippen molar-refractivity contribution in [3.8, 4) is 0 Å². The van der Waals surface area contributed by atoms with Crippen molar-refractivity contribution in [2.24, 2.45) is 5.92 Å². The second-order valence-electron chi connectivity index (χ2n) is 7.19. The molecule has 0 heterocycles. The van der Waals surface area contributed by atoms with Crippen LogP contribution in [-0.2, 0) is 14.8 Å². The molecule has 0 aliphatic rings. The van der Waals surface area contributed by atoms with E-state index in [9.17, 15) is 13.2 Å². The van der Waals surface area contributed by atoms with E-state index >= 15 is 0 Å². The Morgan fingerprint density at radius 3 is 1.89 bits per heavy atom. The number of hydrogen-bond acceptors (Lipinski definition) is 3.